The highest BCUT2D eigenvalue weighted by atomic mass is 16.5. The van der Waals surface area contributed by atoms with Crippen molar-refractivity contribution in [2.45, 2.75) is 57.6 Å². The quantitative estimate of drug-likeness (QED) is 0.665. The van der Waals surface area contributed by atoms with E-state index < -0.39 is 0 Å². The number of hydrogen-bond donors (Lipinski definition) is 1. The van der Waals surface area contributed by atoms with Crippen LogP contribution in [-0.4, -0.2) is 39.5 Å². The fraction of sp³-hybridized carbons (Fsp3) is 1.00. The van der Waals surface area contributed by atoms with Crippen LogP contribution < -0.4 is 5.32 Å². The number of hydrogen-bond acceptors (Lipinski definition) is 3. The van der Waals surface area contributed by atoms with E-state index in [4.69, 9.17) is 9.47 Å². The number of methoxy groups -OCH3 is 1. The summed E-state index contributed by atoms with van der Waals surface area (Å²) in [5, 5.41) is 3.40. The Balaban J connectivity index is 2.29. The summed E-state index contributed by atoms with van der Waals surface area (Å²) in [6.07, 6.45) is 7.91. The Morgan fingerprint density at radius 1 is 1.24 bits per heavy atom. The molecule has 102 valence electrons. The highest BCUT2D eigenvalue weighted by Gasteiger charge is 2.29. The van der Waals surface area contributed by atoms with E-state index in [1.807, 2.05) is 0 Å². The Kier molecular flexibility index (Phi) is 7.82. The van der Waals surface area contributed by atoms with Crippen molar-refractivity contribution in [3.05, 3.63) is 0 Å². The standard InChI is InChI=1S/C14H29NO2/c1-4-6-12-7-8-13(15-2)14(11-12)17-10-5-9-16-3/h12-15H,4-11H2,1-3H3. The predicted octanol–water partition coefficient (Wildman–Crippen LogP) is 2.60. The number of rotatable bonds is 8. The van der Waals surface area contributed by atoms with E-state index in [2.05, 4.69) is 19.3 Å². The van der Waals surface area contributed by atoms with Gasteiger partial charge in [0.2, 0.25) is 0 Å². The highest BCUT2D eigenvalue weighted by Crippen LogP contribution is 2.29. The van der Waals surface area contributed by atoms with Crippen molar-refractivity contribution in [3.8, 4) is 0 Å². The van der Waals surface area contributed by atoms with Crippen molar-refractivity contribution >= 4 is 0 Å². The van der Waals surface area contributed by atoms with E-state index in [1.54, 1.807) is 7.11 Å². The maximum atomic E-state index is 6.02. The van der Waals surface area contributed by atoms with Crippen molar-refractivity contribution in [2.24, 2.45) is 5.92 Å². The minimum Gasteiger partial charge on any atom is -0.385 e. The number of likely N-dealkylation sites (N-methyl/N-ethyl adjacent to an activating group) is 1. The second-order valence-corrected chi connectivity index (χ2v) is 5.12. The Bertz CT molecular complexity index is 187. The van der Waals surface area contributed by atoms with Crippen LogP contribution in [0.25, 0.3) is 0 Å². The molecule has 0 spiro atoms. The van der Waals surface area contributed by atoms with Crippen molar-refractivity contribution < 1.29 is 9.47 Å². The van der Waals surface area contributed by atoms with Gasteiger partial charge in [-0.2, -0.15) is 0 Å². The van der Waals surface area contributed by atoms with E-state index in [0.717, 1.165) is 25.6 Å². The van der Waals surface area contributed by atoms with Gasteiger partial charge >= 0.3 is 0 Å². The third-order valence-electron chi connectivity index (χ3n) is 3.79. The Hall–Kier alpha value is -0.120. The summed E-state index contributed by atoms with van der Waals surface area (Å²) in [7, 11) is 3.80. The average Bonchev–Trinajstić information content (AvgIpc) is 2.35. The second-order valence-electron chi connectivity index (χ2n) is 5.12. The van der Waals surface area contributed by atoms with Crippen molar-refractivity contribution in [1.29, 1.82) is 0 Å². The second kappa shape index (κ2) is 8.90. The molecular formula is C14H29NO2. The van der Waals surface area contributed by atoms with E-state index in [0.29, 0.717) is 12.1 Å². The van der Waals surface area contributed by atoms with Crippen molar-refractivity contribution in [2.75, 3.05) is 27.4 Å². The van der Waals surface area contributed by atoms with Crippen LogP contribution in [0, 0.1) is 5.92 Å². The number of ether oxygens (including phenoxy) is 2. The highest BCUT2D eigenvalue weighted by molar-refractivity contribution is 4.84. The zero-order valence-corrected chi connectivity index (χ0v) is 11.7. The van der Waals surface area contributed by atoms with Gasteiger partial charge in [0.15, 0.2) is 0 Å². The van der Waals surface area contributed by atoms with Crippen LogP contribution in [0.15, 0.2) is 0 Å². The van der Waals surface area contributed by atoms with E-state index >= 15 is 0 Å². The molecule has 0 saturated heterocycles. The zero-order chi connectivity index (χ0) is 12.5. The van der Waals surface area contributed by atoms with Crippen LogP contribution in [0.3, 0.4) is 0 Å². The van der Waals surface area contributed by atoms with E-state index in [-0.39, 0.29) is 0 Å². The molecule has 0 bridgehead atoms. The largest absolute Gasteiger partial charge is 0.385 e. The first-order valence-corrected chi connectivity index (χ1v) is 7.09. The fourth-order valence-electron chi connectivity index (χ4n) is 2.83. The van der Waals surface area contributed by atoms with Gasteiger partial charge in [0.05, 0.1) is 6.10 Å². The Labute approximate surface area is 106 Å². The maximum absolute atomic E-state index is 6.02. The van der Waals surface area contributed by atoms with Gasteiger partial charge in [0.1, 0.15) is 0 Å². The molecule has 0 aliphatic heterocycles. The molecule has 3 heteroatoms. The monoisotopic (exact) mass is 243 g/mol. The molecule has 0 radical (unpaired) electrons. The van der Waals surface area contributed by atoms with Gasteiger partial charge < -0.3 is 14.8 Å². The molecule has 0 heterocycles. The van der Waals surface area contributed by atoms with Crippen LogP contribution in [0.2, 0.25) is 0 Å². The van der Waals surface area contributed by atoms with Crippen LogP contribution >= 0.6 is 0 Å². The molecule has 1 N–H and O–H groups in total. The van der Waals surface area contributed by atoms with Gasteiger partial charge in [-0.05, 0) is 38.6 Å². The predicted molar refractivity (Wildman–Crippen MR) is 71.3 cm³/mol. The molecule has 1 saturated carbocycles. The first kappa shape index (κ1) is 14.9. The van der Waals surface area contributed by atoms with Gasteiger partial charge in [0, 0.05) is 26.4 Å². The van der Waals surface area contributed by atoms with Gasteiger partial charge in [-0.3, -0.25) is 0 Å². The lowest BCUT2D eigenvalue weighted by atomic mass is 9.81. The minimum absolute atomic E-state index is 0.405. The van der Waals surface area contributed by atoms with Gasteiger partial charge in [-0.15, -0.1) is 0 Å². The first-order valence-electron chi connectivity index (χ1n) is 7.09. The van der Waals surface area contributed by atoms with Crippen LogP contribution in [0.5, 0.6) is 0 Å². The lowest BCUT2D eigenvalue weighted by Gasteiger charge is -2.36. The molecule has 17 heavy (non-hydrogen) atoms. The van der Waals surface area contributed by atoms with Gasteiger partial charge in [-0.25, -0.2) is 0 Å². The average molecular weight is 243 g/mol. The summed E-state index contributed by atoms with van der Waals surface area (Å²) in [4.78, 5) is 0. The summed E-state index contributed by atoms with van der Waals surface area (Å²) >= 11 is 0. The topological polar surface area (TPSA) is 30.5 Å². The molecule has 3 unspecified atom stereocenters. The minimum atomic E-state index is 0.405. The summed E-state index contributed by atoms with van der Waals surface area (Å²) < 4.78 is 11.1. The summed E-state index contributed by atoms with van der Waals surface area (Å²) in [6.45, 7) is 3.91. The summed E-state index contributed by atoms with van der Waals surface area (Å²) in [5.41, 5.74) is 0. The molecule has 0 aromatic heterocycles. The molecular weight excluding hydrogens is 214 g/mol. The molecule has 1 aliphatic rings. The van der Waals surface area contributed by atoms with Gasteiger partial charge in [0.25, 0.3) is 0 Å². The number of nitrogens with one attached hydrogen (secondary N) is 1. The molecule has 0 aromatic carbocycles. The lowest BCUT2D eigenvalue weighted by Crippen LogP contribution is -2.44. The zero-order valence-electron chi connectivity index (χ0n) is 11.7. The third kappa shape index (κ3) is 5.36. The van der Waals surface area contributed by atoms with Crippen molar-refractivity contribution in [3.63, 3.8) is 0 Å². The fourth-order valence-corrected chi connectivity index (χ4v) is 2.83. The smallest absolute Gasteiger partial charge is 0.0730 e. The van der Waals surface area contributed by atoms with Crippen LogP contribution in [0.4, 0.5) is 0 Å². The normalized spacial score (nSPS) is 29.5. The molecule has 0 amide bonds. The van der Waals surface area contributed by atoms with E-state index in [1.165, 1.54) is 32.1 Å². The SMILES string of the molecule is CCCC1CCC(NC)C(OCCCOC)C1. The molecule has 3 nitrogen and oxygen atoms in total. The lowest BCUT2D eigenvalue weighted by molar-refractivity contribution is -0.0158. The maximum Gasteiger partial charge on any atom is 0.0730 e. The Morgan fingerprint density at radius 3 is 2.71 bits per heavy atom. The molecule has 0 aromatic rings. The third-order valence-corrected chi connectivity index (χ3v) is 3.79. The summed E-state index contributed by atoms with van der Waals surface area (Å²) in [5.74, 6) is 0.872. The summed E-state index contributed by atoms with van der Waals surface area (Å²) in [6, 6.07) is 0.547. The molecule has 1 fully saturated rings. The van der Waals surface area contributed by atoms with Crippen LogP contribution in [-0.2, 0) is 9.47 Å². The Morgan fingerprint density at radius 2 is 2.06 bits per heavy atom. The first-order chi connectivity index (χ1) is 8.31. The van der Waals surface area contributed by atoms with Crippen LogP contribution in [0.1, 0.15) is 45.4 Å². The molecule has 1 rings (SSSR count). The molecule has 3 atom stereocenters. The van der Waals surface area contributed by atoms with E-state index in [9.17, 15) is 0 Å². The molecule has 1 aliphatic carbocycles. The van der Waals surface area contributed by atoms with Crippen molar-refractivity contribution in [1.82, 2.24) is 5.32 Å². The van der Waals surface area contributed by atoms with Gasteiger partial charge in [-0.1, -0.05) is 19.8 Å².